The summed E-state index contributed by atoms with van der Waals surface area (Å²) in [5, 5.41) is 0.683. The van der Waals surface area contributed by atoms with Crippen molar-refractivity contribution in [3.05, 3.63) is 59.1 Å². The van der Waals surface area contributed by atoms with Gasteiger partial charge in [0.2, 0.25) is 0 Å². The van der Waals surface area contributed by atoms with E-state index in [1.165, 1.54) is 0 Å². The molecule has 18 heavy (non-hydrogen) atoms. The van der Waals surface area contributed by atoms with Crippen LogP contribution in [0.25, 0.3) is 0 Å². The molecule has 0 bridgehead atoms. The van der Waals surface area contributed by atoms with Crippen LogP contribution < -0.4 is 4.74 Å². The lowest BCUT2D eigenvalue weighted by Gasteiger charge is -2.06. The van der Waals surface area contributed by atoms with Crippen molar-refractivity contribution in [2.75, 3.05) is 6.26 Å². The summed E-state index contributed by atoms with van der Waals surface area (Å²) < 4.78 is 16.7. The SMILES string of the molecule is C[S@](=O)Cc1ccc(Oc2ccc(Cl)cc2)cc1. The summed E-state index contributed by atoms with van der Waals surface area (Å²) in [7, 11) is -0.819. The summed E-state index contributed by atoms with van der Waals surface area (Å²) in [5.74, 6) is 2.07. The number of ether oxygens (including phenoxy) is 1. The zero-order valence-electron chi connectivity index (χ0n) is 9.93. The number of hydrogen-bond acceptors (Lipinski definition) is 2. The lowest BCUT2D eigenvalue weighted by Crippen LogP contribution is -1.92. The van der Waals surface area contributed by atoms with Crippen molar-refractivity contribution >= 4 is 22.4 Å². The lowest BCUT2D eigenvalue weighted by atomic mass is 10.2. The Morgan fingerprint density at radius 3 is 2.00 bits per heavy atom. The van der Waals surface area contributed by atoms with E-state index in [1.54, 1.807) is 18.4 Å². The molecule has 0 saturated heterocycles. The van der Waals surface area contributed by atoms with Crippen LogP contribution in [0.15, 0.2) is 48.5 Å². The van der Waals surface area contributed by atoms with Gasteiger partial charge in [-0.25, -0.2) is 0 Å². The number of halogens is 1. The van der Waals surface area contributed by atoms with Gasteiger partial charge in [-0.1, -0.05) is 23.7 Å². The molecule has 0 spiro atoms. The van der Waals surface area contributed by atoms with E-state index in [0.29, 0.717) is 10.8 Å². The first kappa shape index (κ1) is 13.1. The maximum Gasteiger partial charge on any atom is 0.127 e. The molecule has 2 nitrogen and oxygen atoms in total. The van der Waals surface area contributed by atoms with Crippen molar-refractivity contribution in [1.29, 1.82) is 0 Å². The van der Waals surface area contributed by atoms with E-state index in [1.807, 2.05) is 36.4 Å². The van der Waals surface area contributed by atoms with Gasteiger partial charge >= 0.3 is 0 Å². The molecule has 0 fully saturated rings. The average Bonchev–Trinajstić information content (AvgIpc) is 2.34. The highest BCUT2D eigenvalue weighted by Crippen LogP contribution is 2.23. The maximum absolute atomic E-state index is 11.1. The van der Waals surface area contributed by atoms with Gasteiger partial charge in [0.1, 0.15) is 11.5 Å². The molecule has 1 atom stereocenters. The third-order valence-corrected chi connectivity index (χ3v) is 3.33. The van der Waals surface area contributed by atoms with Gasteiger partial charge in [0.05, 0.1) is 0 Å². The van der Waals surface area contributed by atoms with Gasteiger partial charge < -0.3 is 4.74 Å². The van der Waals surface area contributed by atoms with Crippen LogP contribution in [0.3, 0.4) is 0 Å². The Kier molecular flexibility index (Phi) is 4.39. The van der Waals surface area contributed by atoms with Crippen molar-refractivity contribution in [2.45, 2.75) is 5.75 Å². The van der Waals surface area contributed by atoms with Crippen molar-refractivity contribution < 1.29 is 8.95 Å². The van der Waals surface area contributed by atoms with E-state index in [2.05, 4.69) is 0 Å². The zero-order chi connectivity index (χ0) is 13.0. The molecule has 4 heteroatoms. The Balaban J connectivity index is 2.06. The van der Waals surface area contributed by atoms with Crippen LogP contribution in [0.2, 0.25) is 5.02 Å². The van der Waals surface area contributed by atoms with E-state index < -0.39 is 10.8 Å². The monoisotopic (exact) mass is 280 g/mol. The molecule has 94 valence electrons. The summed E-state index contributed by atoms with van der Waals surface area (Å²) in [5.41, 5.74) is 1.04. The van der Waals surface area contributed by atoms with E-state index in [0.717, 1.165) is 17.1 Å². The lowest BCUT2D eigenvalue weighted by molar-refractivity contribution is 0.482. The fourth-order valence-corrected chi connectivity index (χ4v) is 2.32. The molecule has 0 aliphatic heterocycles. The summed E-state index contributed by atoms with van der Waals surface area (Å²) in [6.45, 7) is 0. The van der Waals surface area contributed by atoms with Crippen molar-refractivity contribution in [3.63, 3.8) is 0 Å². The minimum atomic E-state index is -0.819. The van der Waals surface area contributed by atoms with Crippen LogP contribution in [0, 0.1) is 0 Å². The van der Waals surface area contributed by atoms with Crippen LogP contribution in [0.4, 0.5) is 0 Å². The minimum Gasteiger partial charge on any atom is -0.457 e. The van der Waals surface area contributed by atoms with Gasteiger partial charge in [0.15, 0.2) is 0 Å². The molecule has 2 aromatic rings. The summed E-state index contributed by atoms with van der Waals surface area (Å²) in [4.78, 5) is 0. The van der Waals surface area contributed by atoms with Crippen molar-refractivity contribution in [2.24, 2.45) is 0 Å². The fraction of sp³-hybridized carbons (Fsp3) is 0.143. The Labute approximate surface area is 114 Å². The molecular weight excluding hydrogens is 268 g/mol. The van der Waals surface area contributed by atoms with Gasteiger partial charge in [-0.05, 0) is 42.0 Å². The molecule has 0 saturated carbocycles. The third kappa shape index (κ3) is 3.86. The number of hydrogen-bond donors (Lipinski definition) is 0. The van der Waals surface area contributed by atoms with Crippen LogP contribution in [0.1, 0.15) is 5.56 Å². The van der Waals surface area contributed by atoms with Gasteiger partial charge in [0.25, 0.3) is 0 Å². The van der Waals surface area contributed by atoms with Gasteiger partial charge in [-0.3, -0.25) is 4.21 Å². The predicted octanol–water partition coefficient (Wildman–Crippen LogP) is 4.01. The molecule has 0 N–H and O–H groups in total. The number of rotatable bonds is 4. The highest BCUT2D eigenvalue weighted by atomic mass is 35.5. The largest absolute Gasteiger partial charge is 0.457 e. The molecule has 0 unspecified atom stereocenters. The first-order chi connectivity index (χ1) is 8.63. The van der Waals surface area contributed by atoms with Gasteiger partial charge in [-0.15, -0.1) is 0 Å². The highest BCUT2D eigenvalue weighted by Gasteiger charge is 1.99. The van der Waals surface area contributed by atoms with Gasteiger partial charge in [-0.2, -0.15) is 0 Å². The average molecular weight is 281 g/mol. The molecule has 0 aliphatic carbocycles. The van der Waals surface area contributed by atoms with Crippen LogP contribution in [-0.4, -0.2) is 10.5 Å². The van der Waals surface area contributed by atoms with Crippen LogP contribution in [-0.2, 0) is 16.6 Å². The third-order valence-electron chi connectivity index (χ3n) is 2.34. The second-order valence-electron chi connectivity index (χ2n) is 3.92. The fourth-order valence-electron chi connectivity index (χ4n) is 1.53. The second-order valence-corrected chi connectivity index (χ2v) is 5.79. The highest BCUT2D eigenvalue weighted by molar-refractivity contribution is 7.83. The van der Waals surface area contributed by atoms with E-state index in [4.69, 9.17) is 16.3 Å². The van der Waals surface area contributed by atoms with Crippen LogP contribution >= 0.6 is 11.6 Å². The molecule has 2 aromatic carbocycles. The van der Waals surface area contributed by atoms with Crippen molar-refractivity contribution in [1.82, 2.24) is 0 Å². The zero-order valence-corrected chi connectivity index (χ0v) is 11.5. The van der Waals surface area contributed by atoms with E-state index in [9.17, 15) is 4.21 Å². The van der Waals surface area contributed by atoms with Crippen molar-refractivity contribution in [3.8, 4) is 11.5 Å². The Morgan fingerprint density at radius 1 is 1.00 bits per heavy atom. The first-order valence-corrected chi connectivity index (χ1v) is 7.56. The molecule has 0 aromatic heterocycles. The Bertz CT molecular complexity index is 535. The minimum absolute atomic E-state index is 0.571. The molecule has 0 heterocycles. The molecule has 0 aliphatic rings. The van der Waals surface area contributed by atoms with E-state index in [-0.39, 0.29) is 0 Å². The first-order valence-electron chi connectivity index (χ1n) is 5.46. The Morgan fingerprint density at radius 2 is 1.50 bits per heavy atom. The summed E-state index contributed by atoms with van der Waals surface area (Å²) >= 11 is 5.80. The molecule has 2 rings (SSSR count). The van der Waals surface area contributed by atoms with Crippen LogP contribution in [0.5, 0.6) is 11.5 Å². The van der Waals surface area contributed by atoms with Gasteiger partial charge in [0, 0.05) is 27.8 Å². The summed E-state index contributed by atoms with van der Waals surface area (Å²) in [6.07, 6.45) is 1.69. The predicted molar refractivity (Wildman–Crippen MR) is 75.7 cm³/mol. The summed E-state index contributed by atoms with van der Waals surface area (Å²) in [6, 6.07) is 14.8. The number of benzene rings is 2. The molecule has 0 amide bonds. The standard InChI is InChI=1S/C14H13ClO2S/c1-18(16)10-11-2-6-13(7-3-11)17-14-8-4-12(15)5-9-14/h2-9H,10H2,1H3/t18-/m0/s1. The maximum atomic E-state index is 11.1. The molecular formula is C14H13ClO2S. The van der Waals surface area contributed by atoms with E-state index >= 15 is 0 Å². The topological polar surface area (TPSA) is 26.3 Å². The quantitative estimate of drug-likeness (QED) is 0.846. The normalized spacial score (nSPS) is 12.1. The molecule has 0 radical (unpaired) electrons. The smallest absolute Gasteiger partial charge is 0.127 e. The Hall–Kier alpha value is -1.32. The second kappa shape index (κ2) is 6.03.